The fourth-order valence-corrected chi connectivity index (χ4v) is 3.32. The average Bonchev–Trinajstić information content (AvgIpc) is 2.63. The van der Waals surface area contributed by atoms with Crippen molar-refractivity contribution in [2.45, 2.75) is 121 Å². The zero-order chi connectivity index (χ0) is 18.6. The number of unbranched alkanes of at least 4 members (excludes halogenated alkanes) is 15. The molecule has 3 nitrogen and oxygen atoms in total. The van der Waals surface area contributed by atoms with E-state index < -0.39 is 6.04 Å². The van der Waals surface area contributed by atoms with Crippen LogP contribution in [0.15, 0.2) is 0 Å². The first-order valence-electron chi connectivity index (χ1n) is 10.8. The molecule has 1 atom stereocenters. The fourth-order valence-electron chi connectivity index (χ4n) is 3.00. The zero-order valence-corrected chi connectivity index (χ0v) is 18.5. The summed E-state index contributed by atoms with van der Waals surface area (Å²) in [6.45, 7) is 2.80. The number of rotatable bonds is 19. The number of carbonyl (C=O) groups excluding carboxylic acids is 1. The standard InChI is InChI=1S/C21H43NO2Se/c1-2-3-4-5-6-7-8-9-10-11-12-13-14-15-16-17-18-24-21(23)20(22)19-25/h20,25H,2-19,22H2,1H3/t20-/m0/s1. The summed E-state index contributed by atoms with van der Waals surface area (Å²) in [6.07, 6.45) is 21.6. The van der Waals surface area contributed by atoms with Gasteiger partial charge in [0.15, 0.2) is 0 Å². The van der Waals surface area contributed by atoms with Gasteiger partial charge in [-0.1, -0.05) is 64.7 Å². The molecule has 4 heteroatoms. The molecule has 0 fully saturated rings. The van der Waals surface area contributed by atoms with Crippen LogP contribution in [0.2, 0.25) is 5.32 Å². The van der Waals surface area contributed by atoms with Gasteiger partial charge < -0.3 is 0 Å². The Bertz CT molecular complexity index is 287. The first-order chi connectivity index (χ1) is 12.2. The van der Waals surface area contributed by atoms with Gasteiger partial charge in [0.25, 0.3) is 0 Å². The van der Waals surface area contributed by atoms with Gasteiger partial charge in [-0.15, -0.1) is 0 Å². The maximum absolute atomic E-state index is 11.4. The van der Waals surface area contributed by atoms with Gasteiger partial charge in [0.1, 0.15) is 0 Å². The fraction of sp³-hybridized carbons (Fsp3) is 0.952. The van der Waals surface area contributed by atoms with Crippen LogP contribution in [0.25, 0.3) is 0 Å². The predicted octanol–water partition coefficient (Wildman–Crippen LogP) is 5.44. The van der Waals surface area contributed by atoms with Gasteiger partial charge in [0.05, 0.1) is 0 Å². The molecular formula is C21H43NO2Se. The molecule has 0 radical (unpaired) electrons. The van der Waals surface area contributed by atoms with Crippen LogP contribution >= 0.6 is 0 Å². The van der Waals surface area contributed by atoms with Crippen molar-refractivity contribution in [1.82, 2.24) is 0 Å². The van der Waals surface area contributed by atoms with Crippen LogP contribution in [0.3, 0.4) is 0 Å². The van der Waals surface area contributed by atoms with E-state index in [2.05, 4.69) is 22.9 Å². The molecule has 2 N–H and O–H groups in total. The Morgan fingerprint density at radius 1 is 0.760 bits per heavy atom. The van der Waals surface area contributed by atoms with Crippen molar-refractivity contribution in [3.63, 3.8) is 0 Å². The Morgan fingerprint density at radius 2 is 1.12 bits per heavy atom. The third kappa shape index (κ3) is 18.5. The van der Waals surface area contributed by atoms with Crippen LogP contribution in [0.1, 0.15) is 110 Å². The number of nitrogens with two attached hydrogens (primary N) is 1. The molecule has 0 aliphatic rings. The minimum absolute atomic E-state index is 0.262. The molecule has 0 amide bonds. The van der Waals surface area contributed by atoms with E-state index in [1.165, 1.54) is 89.9 Å². The monoisotopic (exact) mass is 421 g/mol. The van der Waals surface area contributed by atoms with E-state index in [1.54, 1.807) is 0 Å². The van der Waals surface area contributed by atoms with Crippen LogP contribution in [-0.4, -0.2) is 34.6 Å². The second kappa shape index (κ2) is 20.3. The molecule has 150 valence electrons. The Hall–Kier alpha value is -0.0505. The third-order valence-electron chi connectivity index (χ3n) is 4.74. The zero-order valence-electron chi connectivity index (χ0n) is 16.6. The van der Waals surface area contributed by atoms with Crippen molar-refractivity contribution in [2.24, 2.45) is 5.73 Å². The molecule has 0 saturated heterocycles. The van der Waals surface area contributed by atoms with Crippen LogP contribution < -0.4 is 5.73 Å². The average molecular weight is 421 g/mol. The molecule has 0 saturated carbocycles. The van der Waals surface area contributed by atoms with Crippen LogP contribution in [0.4, 0.5) is 0 Å². The van der Waals surface area contributed by atoms with Crippen molar-refractivity contribution in [1.29, 1.82) is 0 Å². The van der Waals surface area contributed by atoms with E-state index in [0.717, 1.165) is 12.8 Å². The molecule has 0 heterocycles. The normalized spacial score (nSPS) is 12.3. The van der Waals surface area contributed by atoms with E-state index in [0.29, 0.717) is 11.9 Å². The number of hydrogen-bond acceptors (Lipinski definition) is 3. The summed E-state index contributed by atoms with van der Waals surface area (Å²) >= 11 is 2.33. The molecule has 0 aliphatic heterocycles. The van der Waals surface area contributed by atoms with Gasteiger partial charge >= 0.3 is 100 Å². The predicted molar refractivity (Wildman–Crippen MR) is 110 cm³/mol. The Balaban J connectivity index is 3.08. The quantitative estimate of drug-likeness (QED) is 0.172. The number of esters is 1. The minimum atomic E-state index is -0.471. The SMILES string of the molecule is CCCCCCCCCCCCCCCCCCOC(=O)[C@@H](N)C[SeH]. The van der Waals surface area contributed by atoms with Crippen molar-refractivity contribution in [3.05, 3.63) is 0 Å². The third-order valence-corrected chi connectivity index (χ3v) is 5.57. The van der Waals surface area contributed by atoms with Crippen LogP contribution in [-0.2, 0) is 9.53 Å². The van der Waals surface area contributed by atoms with Gasteiger partial charge in [-0.25, -0.2) is 0 Å². The molecule has 0 spiro atoms. The molecule has 0 rings (SSSR count). The van der Waals surface area contributed by atoms with Gasteiger partial charge in [-0.2, -0.15) is 0 Å². The summed E-state index contributed by atoms with van der Waals surface area (Å²) in [6, 6.07) is -0.471. The second-order valence-corrected chi connectivity index (χ2v) is 8.03. The van der Waals surface area contributed by atoms with E-state index in [9.17, 15) is 4.79 Å². The number of ether oxygens (including phenoxy) is 1. The summed E-state index contributed by atoms with van der Waals surface area (Å²) in [7, 11) is 0. The Labute approximate surface area is 165 Å². The topological polar surface area (TPSA) is 52.3 Å². The molecule has 0 aromatic heterocycles. The molecule has 0 aromatic rings. The number of carbonyl (C=O) groups is 1. The van der Waals surface area contributed by atoms with E-state index in [-0.39, 0.29) is 5.97 Å². The molecular weight excluding hydrogens is 377 g/mol. The Kier molecular flexibility index (Phi) is 20.2. The van der Waals surface area contributed by atoms with E-state index in [1.807, 2.05) is 0 Å². The van der Waals surface area contributed by atoms with Crippen molar-refractivity contribution in [2.75, 3.05) is 6.61 Å². The summed E-state index contributed by atoms with van der Waals surface area (Å²) in [5.74, 6) is -0.262. The molecule has 0 unspecified atom stereocenters. The van der Waals surface area contributed by atoms with E-state index >= 15 is 0 Å². The van der Waals surface area contributed by atoms with Crippen LogP contribution in [0.5, 0.6) is 0 Å². The second-order valence-electron chi connectivity index (χ2n) is 7.26. The van der Waals surface area contributed by atoms with Gasteiger partial charge in [0, 0.05) is 0 Å². The summed E-state index contributed by atoms with van der Waals surface area (Å²) < 4.78 is 5.14. The number of hydrogen-bond donors (Lipinski definition) is 1. The van der Waals surface area contributed by atoms with Crippen molar-refractivity contribution >= 4 is 22.0 Å². The molecule has 0 aliphatic carbocycles. The van der Waals surface area contributed by atoms with Gasteiger partial charge in [0.2, 0.25) is 0 Å². The molecule has 25 heavy (non-hydrogen) atoms. The first-order valence-corrected chi connectivity index (χ1v) is 12.1. The van der Waals surface area contributed by atoms with Crippen LogP contribution in [0, 0.1) is 0 Å². The van der Waals surface area contributed by atoms with E-state index in [4.69, 9.17) is 10.5 Å². The molecule has 0 aromatic carbocycles. The summed E-state index contributed by atoms with van der Waals surface area (Å²) in [5.41, 5.74) is 5.60. The van der Waals surface area contributed by atoms with Crippen molar-refractivity contribution in [3.8, 4) is 0 Å². The summed E-state index contributed by atoms with van der Waals surface area (Å²) in [5, 5.41) is 0.588. The maximum atomic E-state index is 11.4. The van der Waals surface area contributed by atoms with Gasteiger partial charge in [-0.05, 0) is 0 Å². The Morgan fingerprint density at radius 3 is 1.48 bits per heavy atom. The van der Waals surface area contributed by atoms with Gasteiger partial charge in [-0.3, -0.25) is 0 Å². The summed E-state index contributed by atoms with van der Waals surface area (Å²) in [4.78, 5) is 11.4. The van der Waals surface area contributed by atoms with Crippen molar-refractivity contribution < 1.29 is 9.53 Å². The first kappa shape index (κ1) is 24.9. The molecule has 0 bridgehead atoms.